The smallest absolute Gasteiger partial charge is 0.220 e. The van der Waals surface area contributed by atoms with Gasteiger partial charge in [0, 0.05) is 84.5 Å². The predicted molar refractivity (Wildman–Crippen MR) is 198 cm³/mol. The van der Waals surface area contributed by atoms with Gasteiger partial charge in [-0.05, 0) is 50.3 Å². The normalized spacial score (nSPS) is 19.0. The molecule has 4 aromatic heterocycles. The van der Waals surface area contributed by atoms with Crippen LogP contribution in [0, 0.1) is 0 Å². The topological polar surface area (TPSA) is 135 Å². The standard InChI is InChI=1S/C38H41Cl2N7O4/c1-50-32-16-23(20-47-21-26(45-37(32)47)19-43-24-7-10-27(48)11-8-24)36-35(40)29(14-15-42-36)28-4-3-5-30(34(28)39)31-12-6-22(38(46-31)51-2)17-41-18-25-9-13-33(49)44-25/h3-6,12,14-16,20-21,24-25,27,41,43,48H,7-11,13,17-19H2,1-2H3,(H,44,49). The molecule has 1 unspecified atom stereocenters. The Morgan fingerprint density at radius 2 is 1.75 bits per heavy atom. The van der Waals surface area contributed by atoms with E-state index in [0.29, 0.717) is 70.8 Å². The largest absolute Gasteiger partial charge is 0.493 e. The molecule has 266 valence electrons. The van der Waals surface area contributed by atoms with Gasteiger partial charge in [0.25, 0.3) is 0 Å². The number of rotatable bonds is 12. The van der Waals surface area contributed by atoms with Crippen LogP contribution >= 0.6 is 23.2 Å². The molecule has 2 aliphatic rings. The summed E-state index contributed by atoms with van der Waals surface area (Å²) in [6, 6.07) is 13.9. The number of aromatic nitrogens is 4. The molecule has 5 heterocycles. The highest BCUT2D eigenvalue weighted by Crippen LogP contribution is 2.42. The zero-order valence-electron chi connectivity index (χ0n) is 28.6. The lowest BCUT2D eigenvalue weighted by Gasteiger charge is -2.25. The molecule has 1 saturated carbocycles. The summed E-state index contributed by atoms with van der Waals surface area (Å²) in [4.78, 5) is 25.8. The number of hydrogen-bond acceptors (Lipinski definition) is 9. The lowest BCUT2D eigenvalue weighted by Crippen LogP contribution is -2.35. The van der Waals surface area contributed by atoms with Crippen LogP contribution in [0.2, 0.25) is 10.0 Å². The average molecular weight is 731 g/mol. The van der Waals surface area contributed by atoms with Gasteiger partial charge in [-0.25, -0.2) is 9.97 Å². The molecular formula is C38H41Cl2N7O4. The number of aliphatic hydroxyl groups is 1. The highest BCUT2D eigenvalue weighted by molar-refractivity contribution is 6.39. The first kappa shape index (κ1) is 35.2. The zero-order chi connectivity index (χ0) is 35.5. The van der Waals surface area contributed by atoms with E-state index in [4.69, 9.17) is 42.6 Å². The van der Waals surface area contributed by atoms with Crippen LogP contribution in [0.4, 0.5) is 0 Å². The van der Waals surface area contributed by atoms with Crippen LogP contribution in [0.15, 0.2) is 61.1 Å². The number of imidazole rings is 1. The molecule has 1 amide bonds. The number of halogens is 2. The van der Waals surface area contributed by atoms with Gasteiger partial charge in [-0.15, -0.1) is 0 Å². The van der Waals surface area contributed by atoms with E-state index in [-0.39, 0.29) is 18.1 Å². The summed E-state index contributed by atoms with van der Waals surface area (Å²) in [7, 11) is 3.22. The summed E-state index contributed by atoms with van der Waals surface area (Å²) >= 11 is 14.3. The van der Waals surface area contributed by atoms with Crippen LogP contribution in [0.1, 0.15) is 49.8 Å². The Morgan fingerprint density at radius 3 is 2.51 bits per heavy atom. The first-order chi connectivity index (χ1) is 24.8. The summed E-state index contributed by atoms with van der Waals surface area (Å²) in [5.41, 5.74) is 6.72. The lowest BCUT2D eigenvalue weighted by molar-refractivity contribution is -0.119. The Bertz CT molecular complexity index is 2050. The molecule has 4 N–H and O–H groups in total. The Kier molecular flexibility index (Phi) is 10.7. The van der Waals surface area contributed by atoms with Gasteiger partial charge in [-0.2, -0.15) is 0 Å². The zero-order valence-corrected chi connectivity index (χ0v) is 30.1. The average Bonchev–Trinajstić information content (AvgIpc) is 3.76. The van der Waals surface area contributed by atoms with Crippen molar-refractivity contribution in [3.63, 3.8) is 0 Å². The molecule has 0 spiro atoms. The van der Waals surface area contributed by atoms with Gasteiger partial charge in [0.2, 0.25) is 11.8 Å². The molecule has 13 heteroatoms. The van der Waals surface area contributed by atoms with Crippen LogP contribution in [0.5, 0.6) is 11.6 Å². The second-order valence-electron chi connectivity index (χ2n) is 13.1. The van der Waals surface area contributed by atoms with Crippen LogP contribution in [0.25, 0.3) is 39.3 Å². The number of pyridine rings is 3. The number of carbonyl (C=O) groups excluding carboxylic acids is 1. The van der Waals surface area contributed by atoms with Gasteiger partial charge in [0.05, 0.1) is 47.5 Å². The van der Waals surface area contributed by atoms with Gasteiger partial charge < -0.3 is 34.9 Å². The Morgan fingerprint density at radius 1 is 0.941 bits per heavy atom. The highest BCUT2D eigenvalue weighted by atomic mass is 35.5. The van der Waals surface area contributed by atoms with Crippen molar-refractivity contribution in [2.24, 2.45) is 0 Å². The number of nitrogens with one attached hydrogen (secondary N) is 3. The van der Waals surface area contributed by atoms with E-state index in [1.165, 1.54) is 0 Å². The molecule has 5 aromatic rings. The van der Waals surface area contributed by atoms with Crippen LogP contribution < -0.4 is 25.4 Å². The van der Waals surface area contributed by atoms with Crippen molar-refractivity contribution < 1.29 is 19.4 Å². The maximum absolute atomic E-state index is 11.5. The predicted octanol–water partition coefficient (Wildman–Crippen LogP) is 6.21. The van der Waals surface area contributed by atoms with Gasteiger partial charge >= 0.3 is 0 Å². The van der Waals surface area contributed by atoms with Crippen LogP contribution in [0.3, 0.4) is 0 Å². The van der Waals surface area contributed by atoms with E-state index >= 15 is 0 Å². The molecule has 1 aliphatic heterocycles. The van der Waals surface area contributed by atoms with E-state index < -0.39 is 0 Å². The van der Waals surface area contributed by atoms with E-state index in [1.54, 1.807) is 20.4 Å². The Labute approximate surface area is 306 Å². The third-order valence-corrected chi connectivity index (χ3v) is 10.5. The summed E-state index contributed by atoms with van der Waals surface area (Å²) in [5.74, 6) is 1.20. The summed E-state index contributed by atoms with van der Waals surface area (Å²) in [6.45, 7) is 1.84. The fraction of sp³-hybridized carbons (Fsp3) is 0.368. The SMILES string of the molecule is COc1nc(-c2cccc(-c3ccnc(-c4cc(OC)c5nc(CNC6CCC(O)CC6)cn5c4)c3Cl)c2Cl)ccc1CNCC1CCC(=O)N1. The summed E-state index contributed by atoms with van der Waals surface area (Å²) in [6.07, 6.45) is 10.4. The highest BCUT2D eigenvalue weighted by Gasteiger charge is 2.22. The number of methoxy groups -OCH3 is 2. The molecular weight excluding hydrogens is 689 g/mol. The van der Waals surface area contributed by atoms with Crippen LogP contribution in [-0.2, 0) is 17.9 Å². The minimum atomic E-state index is -0.188. The van der Waals surface area contributed by atoms with Crippen molar-refractivity contribution in [3.8, 4) is 45.3 Å². The second kappa shape index (κ2) is 15.5. The summed E-state index contributed by atoms with van der Waals surface area (Å²) < 4.78 is 13.4. The number of amides is 1. The van der Waals surface area contributed by atoms with Gasteiger partial charge in [-0.1, -0.05) is 47.5 Å². The molecule has 51 heavy (non-hydrogen) atoms. The fourth-order valence-corrected chi connectivity index (χ4v) is 7.59. The molecule has 1 atom stereocenters. The maximum Gasteiger partial charge on any atom is 0.220 e. The van der Waals surface area contributed by atoms with Gasteiger partial charge in [0.1, 0.15) is 0 Å². The van der Waals surface area contributed by atoms with Gasteiger partial charge in [0.15, 0.2) is 11.4 Å². The molecule has 0 bridgehead atoms. The monoisotopic (exact) mass is 729 g/mol. The third kappa shape index (κ3) is 7.68. The van der Waals surface area contributed by atoms with Crippen molar-refractivity contribution >= 4 is 34.8 Å². The molecule has 1 aromatic carbocycles. The molecule has 2 fully saturated rings. The van der Waals surface area contributed by atoms with Crippen molar-refractivity contribution in [1.82, 2.24) is 35.3 Å². The number of ether oxygens (including phenoxy) is 2. The summed E-state index contributed by atoms with van der Waals surface area (Å²) in [5, 5.41) is 20.8. The Balaban J connectivity index is 1.13. The molecule has 1 aliphatic carbocycles. The van der Waals surface area contributed by atoms with Crippen molar-refractivity contribution in [3.05, 3.63) is 82.4 Å². The van der Waals surface area contributed by atoms with Crippen molar-refractivity contribution in [2.45, 2.75) is 69.8 Å². The number of aliphatic hydroxyl groups excluding tert-OH is 1. The van der Waals surface area contributed by atoms with Gasteiger partial charge in [-0.3, -0.25) is 9.78 Å². The van der Waals surface area contributed by atoms with Crippen molar-refractivity contribution in [2.75, 3.05) is 20.8 Å². The van der Waals surface area contributed by atoms with Crippen LogP contribution in [-0.4, -0.2) is 69.3 Å². The number of nitrogens with zero attached hydrogens (tertiary/aromatic N) is 4. The maximum atomic E-state index is 11.5. The van der Waals surface area contributed by atoms with E-state index in [1.807, 2.05) is 59.3 Å². The number of benzene rings is 1. The Hall–Kier alpha value is -4.26. The van der Waals surface area contributed by atoms with Crippen molar-refractivity contribution in [1.29, 1.82) is 0 Å². The fourth-order valence-electron chi connectivity index (χ4n) is 6.94. The minimum Gasteiger partial charge on any atom is -0.493 e. The quantitative estimate of drug-likeness (QED) is 0.118. The number of hydrogen-bond donors (Lipinski definition) is 4. The number of fused-ring (bicyclic) bond motifs is 1. The third-order valence-electron chi connectivity index (χ3n) is 9.71. The van der Waals surface area contributed by atoms with E-state index in [0.717, 1.165) is 65.6 Å². The molecule has 11 nitrogen and oxygen atoms in total. The molecule has 0 radical (unpaired) electrons. The van der Waals surface area contributed by atoms with E-state index in [9.17, 15) is 9.90 Å². The second-order valence-corrected chi connectivity index (χ2v) is 13.9. The first-order valence-electron chi connectivity index (χ1n) is 17.3. The lowest BCUT2D eigenvalue weighted by atomic mass is 9.93. The molecule has 1 saturated heterocycles. The minimum absolute atomic E-state index is 0.0979. The first-order valence-corrected chi connectivity index (χ1v) is 18.0. The van der Waals surface area contributed by atoms with E-state index in [2.05, 4.69) is 20.9 Å². The number of carbonyl (C=O) groups is 1. The molecule has 7 rings (SSSR count).